The zero-order valence-corrected chi connectivity index (χ0v) is 24.1. The second-order valence-electron chi connectivity index (χ2n) is 9.92. The van der Waals surface area contributed by atoms with Gasteiger partial charge in [0, 0.05) is 49.2 Å². The van der Waals surface area contributed by atoms with Gasteiger partial charge in [-0.2, -0.15) is 5.10 Å². The Morgan fingerprint density at radius 3 is 2.36 bits per heavy atom. The van der Waals surface area contributed by atoms with Gasteiger partial charge >= 0.3 is 0 Å². The second-order valence-corrected chi connectivity index (χ2v) is 10.3. The van der Waals surface area contributed by atoms with E-state index in [-0.39, 0.29) is 6.42 Å². The van der Waals surface area contributed by atoms with Gasteiger partial charge in [-0.05, 0) is 77.2 Å². The van der Waals surface area contributed by atoms with E-state index in [1.807, 2.05) is 56.4 Å². The maximum atomic E-state index is 13.6. The number of rotatable bonds is 9. The first kappa shape index (κ1) is 28.4. The largest absolute Gasteiger partial charge is 0.339 e. The number of hydrogen-bond acceptors (Lipinski definition) is 6. The Labute approximate surface area is 247 Å². The lowest BCUT2D eigenvalue weighted by Crippen LogP contribution is -2.45. The highest BCUT2D eigenvalue weighted by Gasteiger charge is 2.25. The number of carbonyl (C=O) groups excluding carboxylic acids is 2. The monoisotopic (exact) mass is 580 g/mol. The Bertz CT molecular complexity index is 1770. The van der Waals surface area contributed by atoms with Gasteiger partial charge < -0.3 is 20.6 Å². The maximum Gasteiger partial charge on any atom is 0.270 e. The summed E-state index contributed by atoms with van der Waals surface area (Å²) in [4.78, 5) is 26.8. The lowest BCUT2D eigenvalue weighted by Gasteiger charge is -2.20. The minimum atomic E-state index is -0.944. The van der Waals surface area contributed by atoms with Crippen LogP contribution >= 0.6 is 11.6 Å². The predicted molar refractivity (Wildman–Crippen MR) is 163 cm³/mol. The molecule has 0 aliphatic carbocycles. The van der Waals surface area contributed by atoms with Crippen LogP contribution in [-0.4, -0.2) is 48.6 Å². The molecular formula is C31H29ClN8O2. The molecule has 3 N–H and O–H groups in total. The maximum absolute atomic E-state index is 13.6. The summed E-state index contributed by atoms with van der Waals surface area (Å²) < 4.78 is 3.25. The summed E-state index contributed by atoms with van der Waals surface area (Å²) in [5.74, 6) is -0.131. The van der Waals surface area contributed by atoms with Gasteiger partial charge in [0.1, 0.15) is 18.1 Å². The molecule has 1 atom stereocenters. The summed E-state index contributed by atoms with van der Waals surface area (Å²) in [6.45, 7) is 1.95. The number of amides is 2. The first-order valence-electron chi connectivity index (χ1n) is 13.2. The van der Waals surface area contributed by atoms with Crippen molar-refractivity contribution < 1.29 is 9.59 Å². The molecule has 3 aromatic carbocycles. The highest BCUT2D eigenvalue weighted by atomic mass is 35.5. The van der Waals surface area contributed by atoms with Crippen molar-refractivity contribution in [1.82, 2.24) is 29.9 Å². The van der Waals surface area contributed by atoms with E-state index in [4.69, 9.17) is 17.0 Å². The molecule has 5 aromatic rings. The van der Waals surface area contributed by atoms with Crippen molar-refractivity contribution in [2.45, 2.75) is 19.4 Å². The van der Waals surface area contributed by atoms with E-state index in [9.17, 15) is 9.59 Å². The van der Waals surface area contributed by atoms with Gasteiger partial charge in [-0.25, -0.2) is 0 Å². The molecule has 2 aromatic heterocycles. The summed E-state index contributed by atoms with van der Waals surface area (Å²) in [6.07, 6.45) is 4.61. The van der Waals surface area contributed by atoms with Gasteiger partial charge in [-0.15, -0.1) is 10.2 Å². The van der Waals surface area contributed by atoms with Gasteiger partial charge in [0.2, 0.25) is 5.91 Å². The number of carbonyl (C=O) groups is 2. The number of anilines is 1. The van der Waals surface area contributed by atoms with E-state index in [2.05, 4.69) is 25.9 Å². The molecule has 0 aliphatic heterocycles. The van der Waals surface area contributed by atoms with Crippen LogP contribution < -0.4 is 10.6 Å². The standard InChI is InChI=1S/C31H29ClN8O2/c1-19-14-21(4-5-23(19)17-33)22-8-11-26(32)24(15-22)16-27(37-31(42)28-12-13-35-40(28)3)30(41)36-25-9-6-20(7-10-25)29-38-34-18-39(29)2/h4-15,17-18,27,33H,16H2,1-3H3,(H,36,41)(H,37,42). The normalized spacial score (nSPS) is 11.6. The Kier molecular flexibility index (Phi) is 8.26. The quantitative estimate of drug-likeness (QED) is 0.215. The van der Waals surface area contributed by atoms with Crippen LogP contribution in [0, 0.1) is 12.3 Å². The van der Waals surface area contributed by atoms with Crippen molar-refractivity contribution in [2.24, 2.45) is 14.1 Å². The fourth-order valence-electron chi connectivity index (χ4n) is 4.66. The summed E-state index contributed by atoms with van der Waals surface area (Å²) in [5, 5.41) is 25.9. The van der Waals surface area contributed by atoms with E-state index >= 15 is 0 Å². The van der Waals surface area contributed by atoms with E-state index in [0.717, 1.165) is 27.8 Å². The van der Waals surface area contributed by atoms with Crippen LogP contribution in [0.1, 0.15) is 27.2 Å². The van der Waals surface area contributed by atoms with Crippen LogP contribution in [-0.2, 0) is 25.3 Å². The SMILES string of the molecule is Cc1cc(-c2ccc(Cl)c(CC(NC(=O)c3ccnn3C)C(=O)Nc3ccc(-c4nncn4C)cc3)c2)ccc1C=N. The fraction of sp³-hybridized carbons (Fsp3) is 0.161. The number of nitrogens with one attached hydrogen (secondary N) is 3. The van der Waals surface area contributed by atoms with Crippen LogP contribution in [0.2, 0.25) is 5.02 Å². The minimum Gasteiger partial charge on any atom is -0.339 e. The molecule has 0 aliphatic rings. The first-order valence-corrected chi connectivity index (χ1v) is 13.6. The van der Waals surface area contributed by atoms with Crippen molar-refractivity contribution in [3.8, 4) is 22.5 Å². The molecule has 212 valence electrons. The highest BCUT2D eigenvalue weighted by Crippen LogP contribution is 2.28. The lowest BCUT2D eigenvalue weighted by atomic mass is 9.96. The smallest absolute Gasteiger partial charge is 0.270 e. The third kappa shape index (κ3) is 6.13. The zero-order chi connectivity index (χ0) is 29.8. The van der Waals surface area contributed by atoms with E-state index in [0.29, 0.717) is 27.8 Å². The van der Waals surface area contributed by atoms with Gasteiger partial charge in [0.25, 0.3) is 5.91 Å². The fourth-order valence-corrected chi connectivity index (χ4v) is 4.86. The van der Waals surface area contributed by atoms with Crippen LogP contribution in [0.15, 0.2) is 79.3 Å². The van der Waals surface area contributed by atoms with Gasteiger partial charge in [-0.1, -0.05) is 35.9 Å². The van der Waals surface area contributed by atoms with Crippen molar-refractivity contribution in [2.75, 3.05) is 5.32 Å². The summed E-state index contributed by atoms with van der Waals surface area (Å²) in [6, 6.07) is 19.3. The number of benzene rings is 3. The third-order valence-electron chi connectivity index (χ3n) is 7.03. The molecule has 2 amide bonds. The second kappa shape index (κ2) is 12.2. The minimum absolute atomic E-state index is 0.149. The van der Waals surface area contributed by atoms with Crippen LogP contribution in [0.25, 0.3) is 22.5 Å². The highest BCUT2D eigenvalue weighted by molar-refractivity contribution is 6.31. The molecule has 0 fully saturated rings. The Morgan fingerprint density at radius 2 is 1.71 bits per heavy atom. The zero-order valence-electron chi connectivity index (χ0n) is 23.3. The molecular weight excluding hydrogens is 552 g/mol. The Balaban J connectivity index is 1.41. The molecule has 0 radical (unpaired) electrons. The topological polar surface area (TPSA) is 131 Å². The first-order chi connectivity index (χ1) is 20.2. The molecule has 0 saturated carbocycles. The van der Waals surface area contributed by atoms with Crippen LogP contribution in [0.3, 0.4) is 0 Å². The van der Waals surface area contributed by atoms with Gasteiger partial charge in [-0.3, -0.25) is 14.3 Å². The number of hydrogen-bond donors (Lipinski definition) is 3. The molecule has 42 heavy (non-hydrogen) atoms. The average Bonchev–Trinajstić information content (AvgIpc) is 3.61. The lowest BCUT2D eigenvalue weighted by molar-refractivity contribution is -0.118. The molecule has 2 heterocycles. The average molecular weight is 581 g/mol. The molecule has 0 saturated heterocycles. The summed E-state index contributed by atoms with van der Waals surface area (Å²) >= 11 is 6.61. The van der Waals surface area contributed by atoms with Crippen molar-refractivity contribution in [1.29, 1.82) is 5.41 Å². The Hall–Kier alpha value is -5.09. The van der Waals surface area contributed by atoms with E-state index in [1.54, 1.807) is 42.2 Å². The van der Waals surface area contributed by atoms with Crippen molar-refractivity contribution >= 4 is 35.3 Å². The molecule has 5 rings (SSSR count). The number of aromatic nitrogens is 5. The molecule has 0 bridgehead atoms. The predicted octanol–water partition coefficient (Wildman–Crippen LogP) is 4.82. The molecule has 10 nitrogen and oxygen atoms in total. The Morgan fingerprint density at radius 1 is 1.00 bits per heavy atom. The van der Waals surface area contributed by atoms with Crippen molar-refractivity contribution in [3.63, 3.8) is 0 Å². The van der Waals surface area contributed by atoms with Gasteiger partial charge in [0.05, 0.1) is 0 Å². The molecule has 0 spiro atoms. The molecule has 11 heteroatoms. The number of nitrogens with zero attached hydrogens (tertiary/aromatic N) is 5. The third-order valence-corrected chi connectivity index (χ3v) is 7.39. The van der Waals surface area contributed by atoms with Crippen molar-refractivity contribution in [3.05, 3.63) is 107 Å². The van der Waals surface area contributed by atoms with E-state index < -0.39 is 17.9 Å². The molecule has 1 unspecified atom stereocenters. The summed E-state index contributed by atoms with van der Waals surface area (Å²) in [7, 11) is 3.52. The summed E-state index contributed by atoms with van der Waals surface area (Å²) in [5.41, 5.74) is 6.11. The van der Waals surface area contributed by atoms with Crippen LogP contribution in [0.5, 0.6) is 0 Å². The van der Waals surface area contributed by atoms with E-state index in [1.165, 1.54) is 17.1 Å². The number of halogens is 1. The number of aryl methyl sites for hydroxylation is 3. The van der Waals surface area contributed by atoms with Gasteiger partial charge in [0.15, 0.2) is 5.82 Å². The van der Waals surface area contributed by atoms with Crippen LogP contribution in [0.4, 0.5) is 5.69 Å².